The van der Waals surface area contributed by atoms with E-state index in [0.29, 0.717) is 16.3 Å². The first-order valence-electron chi connectivity index (χ1n) is 5.51. The molecule has 2 aromatic rings. The summed E-state index contributed by atoms with van der Waals surface area (Å²) in [6.45, 7) is 1.57. The maximum absolute atomic E-state index is 11.9. The summed E-state index contributed by atoms with van der Waals surface area (Å²) in [5, 5.41) is 15.1. The van der Waals surface area contributed by atoms with Crippen LogP contribution in [0.1, 0.15) is 20.9 Å². The van der Waals surface area contributed by atoms with E-state index in [1.807, 2.05) is 0 Å². The van der Waals surface area contributed by atoms with Gasteiger partial charge in [-0.3, -0.25) is 4.79 Å². The normalized spacial score (nSPS) is 9.58. The number of carbonyl (C=O) groups excluding carboxylic acids is 1. The lowest BCUT2D eigenvalue weighted by Crippen LogP contribution is -2.11. The number of hydrogen-bond donors (Lipinski definition) is 2. The molecule has 5 nitrogen and oxygen atoms in total. The fourth-order valence-corrected chi connectivity index (χ4v) is 1.96. The number of benzene rings is 1. The number of aliphatic hydroxyl groups is 1. The zero-order valence-electron chi connectivity index (χ0n) is 10.2. The minimum Gasteiger partial charge on any atom is -0.384 e. The Balaban J connectivity index is 2.08. The second-order valence-electron chi connectivity index (χ2n) is 3.68. The number of aromatic nitrogens is 2. The highest BCUT2D eigenvalue weighted by molar-refractivity contribution is 7.08. The van der Waals surface area contributed by atoms with E-state index in [0.717, 1.165) is 17.1 Å². The fraction of sp³-hybridized carbons (Fsp3) is 0.154. The molecule has 0 unspecified atom stereocenters. The first kappa shape index (κ1) is 13.2. The number of nitrogens with zero attached hydrogens (tertiary/aromatic N) is 2. The van der Waals surface area contributed by atoms with Crippen LogP contribution in [0.25, 0.3) is 0 Å². The van der Waals surface area contributed by atoms with Crippen LogP contribution in [-0.4, -0.2) is 27.2 Å². The second kappa shape index (κ2) is 6.09. The van der Waals surface area contributed by atoms with Crippen molar-refractivity contribution in [3.8, 4) is 11.8 Å². The number of anilines is 1. The van der Waals surface area contributed by atoms with Crippen LogP contribution in [0.15, 0.2) is 24.3 Å². The molecule has 0 atom stereocenters. The summed E-state index contributed by atoms with van der Waals surface area (Å²) in [7, 11) is 0. The summed E-state index contributed by atoms with van der Waals surface area (Å²) < 4.78 is 3.72. The molecule has 6 heteroatoms. The molecule has 0 aliphatic heterocycles. The molecule has 1 amide bonds. The predicted molar refractivity (Wildman–Crippen MR) is 73.0 cm³/mol. The maximum Gasteiger partial charge on any atom is 0.269 e. The summed E-state index contributed by atoms with van der Waals surface area (Å²) in [4.78, 5) is 12.4. The van der Waals surface area contributed by atoms with Gasteiger partial charge in [0.05, 0.1) is 5.69 Å². The fourth-order valence-electron chi connectivity index (χ4n) is 1.41. The van der Waals surface area contributed by atoms with Crippen LogP contribution >= 0.6 is 11.5 Å². The van der Waals surface area contributed by atoms with Crippen molar-refractivity contribution in [2.45, 2.75) is 6.92 Å². The Morgan fingerprint density at radius 1 is 1.42 bits per heavy atom. The standard InChI is InChI=1S/C13H11N3O2S/c1-9-12(19-16-15-9)13(18)14-11-6-4-10(5-7-11)3-2-8-17/h4-7,17H,8H2,1H3,(H,14,18). The molecular weight excluding hydrogens is 262 g/mol. The molecule has 2 N–H and O–H groups in total. The molecule has 0 saturated heterocycles. The third-order valence-electron chi connectivity index (χ3n) is 2.31. The van der Waals surface area contributed by atoms with Crippen LogP contribution in [0, 0.1) is 18.8 Å². The number of amides is 1. The van der Waals surface area contributed by atoms with Crippen LogP contribution in [0.3, 0.4) is 0 Å². The van der Waals surface area contributed by atoms with Gasteiger partial charge in [0.1, 0.15) is 11.5 Å². The van der Waals surface area contributed by atoms with E-state index >= 15 is 0 Å². The molecule has 0 spiro atoms. The Bertz CT molecular complexity index is 638. The summed E-state index contributed by atoms with van der Waals surface area (Å²) in [5.74, 6) is 5.12. The van der Waals surface area contributed by atoms with Crippen LogP contribution in [0.2, 0.25) is 0 Å². The predicted octanol–water partition coefficient (Wildman–Crippen LogP) is 1.44. The highest BCUT2D eigenvalue weighted by atomic mass is 32.1. The molecule has 0 aliphatic carbocycles. The van der Waals surface area contributed by atoms with Crippen molar-refractivity contribution in [2.24, 2.45) is 0 Å². The number of aliphatic hydroxyl groups excluding tert-OH is 1. The van der Waals surface area contributed by atoms with Crippen LogP contribution in [0.5, 0.6) is 0 Å². The third-order valence-corrected chi connectivity index (χ3v) is 3.14. The lowest BCUT2D eigenvalue weighted by Gasteiger charge is -2.03. The SMILES string of the molecule is Cc1nnsc1C(=O)Nc1ccc(C#CCO)cc1. The molecule has 1 heterocycles. The Morgan fingerprint density at radius 3 is 2.74 bits per heavy atom. The molecular formula is C13H11N3O2S. The van der Waals surface area contributed by atoms with Gasteiger partial charge in [0.2, 0.25) is 0 Å². The molecule has 19 heavy (non-hydrogen) atoms. The zero-order valence-corrected chi connectivity index (χ0v) is 11.0. The minimum atomic E-state index is -0.221. The maximum atomic E-state index is 11.9. The first-order valence-corrected chi connectivity index (χ1v) is 6.28. The van der Waals surface area contributed by atoms with Crippen molar-refractivity contribution < 1.29 is 9.90 Å². The topological polar surface area (TPSA) is 75.1 Å². The number of hydrogen-bond acceptors (Lipinski definition) is 5. The van der Waals surface area contributed by atoms with E-state index in [4.69, 9.17) is 5.11 Å². The van der Waals surface area contributed by atoms with Crippen molar-refractivity contribution in [2.75, 3.05) is 11.9 Å². The van der Waals surface area contributed by atoms with Crippen molar-refractivity contribution in [3.05, 3.63) is 40.4 Å². The molecule has 1 aromatic carbocycles. The Kier molecular flexibility index (Phi) is 4.23. The van der Waals surface area contributed by atoms with E-state index in [-0.39, 0.29) is 12.5 Å². The van der Waals surface area contributed by atoms with Crippen molar-refractivity contribution in [1.82, 2.24) is 9.59 Å². The summed E-state index contributed by atoms with van der Waals surface area (Å²) in [6, 6.07) is 7.05. The molecule has 0 saturated carbocycles. The average molecular weight is 273 g/mol. The van der Waals surface area contributed by atoms with E-state index < -0.39 is 0 Å². The lowest BCUT2D eigenvalue weighted by atomic mass is 10.2. The number of rotatable bonds is 2. The van der Waals surface area contributed by atoms with Gasteiger partial charge in [-0.25, -0.2) is 0 Å². The van der Waals surface area contributed by atoms with Gasteiger partial charge in [-0.1, -0.05) is 16.3 Å². The minimum absolute atomic E-state index is 0.170. The largest absolute Gasteiger partial charge is 0.384 e. The van der Waals surface area contributed by atoms with E-state index in [2.05, 4.69) is 26.7 Å². The monoisotopic (exact) mass is 273 g/mol. The van der Waals surface area contributed by atoms with E-state index in [9.17, 15) is 4.79 Å². The number of carbonyl (C=O) groups is 1. The Labute approximate surface area is 114 Å². The van der Waals surface area contributed by atoms with Gasteiger partial charge in [0.15, 0.2) is 0 Å². The third kappa shape index (κ3) is 3.37. The molecule has 0 radical (unpaired) electrons. The Morgan fingerprint density at radius 2 is 2.16 bits per heavy atom. The van der Waals surface area contributed by atoms with Crippen LogP contribution in [-0.2, 0) is 0 Å². The zero-order chi connectivity index (χ0) is 13.7. The first-order chi connectivity index (χ1) is 9.20. The van der Waals surface area contributed by atoms with Crippen molar-refractivity contribution >= 4 is 23.1 Å². The molecule has 1 aromatic heterocycles. The smallest absolute Gasteiger partial charge is 0.269 e. The van der Waals surface area contributed by atoms with Gasteiger partial charge in [-0.15, -0.1) is 5.10 Å². The molecule has 2 rings (SSSR count). The molecule has 96 valence electrons. The second-order valence-corrected chi connectivity index (χ2v) is 4.43. The van der Waals surface area contributed by atoms with Gasteiger partial charge >= 0.3 is 0 Å². The van der Waals surface area contributed by atoms with Gasteiger partial charge in [-0.2, -0.15) is 0 Å². The highest BCUT2D eigenvalue weighted by Crippen LogP contribution is 2.14. The van der Waals surface area contributed by atoms with Crippen molar-refractivity contribution in [3.63, 3.8) is 0 Å². The number of aryl methyl sites for hydroxylation is 1. The Hall–Kier alpha value is -2.23. The van der Waals surface area contributed by atoms with Gasteiger partial charge in [0.25, 0.3) is 5.91 Å². The number of nitrogens with one attached hydrogen (secondary N) is 1. The van der Waals surface area contributed by atoms with E-state index in [1.165, 1.54) is 0 Å². The quantitative estimate of drug-likeness (QED) is 0.812. The van der Waals surface area contributed by atoms with E-state index in [1.54, 1.807) is 31.2 Å². The van der Waals surface area contributed by atoms with Gasteiger partial charge in [-0.05, 0) is 42.7 Å². The average Bonchev–Trinajstić information content (AvgIpc) is 2.84. The highest BCUT2D eigenvalue weighted by Gasteiger charge is 2.12. The van der Waals surface area contributed by atoms with Crippen LogP contribution < -0.4 is 5.32 Å². The van der Waals surface area contributed by atoms with Gasteiger partial charge < -0.3 is 10.4 Å². The molecule has 0 bridgehead atoms. The van der Waals surface area contributed by atoms with Gasteiger partial charge in [0, 0.05) is 11.3 Å². The lowest BCUT2D eigenvalue weighted by molar-refractivity contribution is 0.103. The molecule has 0 aliphatic rings. The summed E-state index contributed by atoms with van der Waals surface area (Å²) in [6.07, 6.45) is 0. The summed E-state index contributed by atoms with van der Waals surface area (Å²) in [5.41, 5.74) is 2.07. The van der Waals surface area contributed by atoms with Crippen LogP contribution in [0.4, 0.5) is 5.69 Å². The summed E-state index contributed by atoms with van der Waals surface area (Å²) >= 11 is 1.07. The molecule has 0 fully saturated rings. The van der Waals surface area contributed by atoms with Crippen molar-refractivity contribution in [1.29, 1.82) is 0 Å².